The Kier molecular flexibility index (Phi) is 3.07. The fourth-order valence-electron chi connectivity index (χ4n) is 2.08. The minimum atomic E-state index is -0.160. The smallest absolute Gasteiger partial charge is 0.276 e. The minimum absolute atomic E-state index is 0.160. The van der Waals surface area contributed by atoms with Gasteiger partial charge in [-0.25, -0.2) is 0 Å². The Hall–Kier alpha value is -2.10. The lowest BCUT2D eigenvalue weighted by Crippen LogP contribution is -2.12. The average Bonchev–Trinajstić information content (AvgIpc) is 3.17. The topological polar surface area (TPSA) is 57.8 Å². The minimum Gasteiger partial charge on any atom is -0.321 e. The van der Waals surface area contributed by atoms with Crippen molar-refractivity contribution in [1.29, 1.82) is 0 Å². The summed E-state index contributed by atoms with van der Waals surface area (Å²) in [5.41, 5.74) is 3.60. The number of rotatable bonds is 4. The molecule has 1 heterocycles. The third-order valence-electron chi connectivity index (χ3n) is 3.47. The standard InChI is InChI=1S/C15H17N3O/c1-2-10-3-7-12(8-4-10)16-15(19)14-9-13(17-18-14)11-5-6-11/h3-4,7-9,11H,2,5-6H2,1H3,(H,16,19)(H,17,18). The number of aryl methyl sites for hydroxylation is 1. The van der Waals surface area contributed by atoms with E-state index in [0.29, 0.717) is 11.6 Å². The second kappa shape index (κ2) is 4.88. The summed E-state index contributed by atoms with van der Waals surface area (Å²) in [6.45, 7) is 2.11. The summed E-state index contributed by atoms with van der Waals surface area (Å²) in [4.78, 5) is 12.0. The van der Waals surface area contributed by atoms with Gasteiger partial charge in [0.15, 0.2) is 5.69 Å². The lowest BCUT2D eigenvalue weighted by molar-refractivity contribution is 0.102. The lowest BCUT2D eigenvalue weighted by Gasteiger charge is -2.03. The van der Waals surface area contributed by atoms with Crippen molar-refractivity contribution < 1.29 is 4.79 Å². The number of anilines is 1. The third-order valence-corrected chi connectivity index (χ3v) is 3.47. The number of amides is 1. The van der Waals surface area contributed by atoms with Gasteiger partial charge in [0.1, 0.15) is 0 Å². The molecule has 1 amide bonds. The Morgan fingerprint density at radius 2 is 2.11 bits per heavy atom. The Labute approximate surface area is 112 Å². The maximum Gasteiger partial charge on any atom is 0.276 e. The predicted octanol–water partition coefficient (Wildman–Crippen LogP) is 3.10. The molecular weight excluding hydrogens is 238 g/mol. The number of carbonyl (C=O) groups excluding carboxylic acids is 1. The molecule has 1 aliphatic carbocycles. The van der Waals surface area contributed by atoms with Crippen LogP contribution in [-0.2, 0) is 6.42 Å². The number of nitrogens with zero attached hydrogens (tertiary/aromatic N) is 1. The highest BCUT2D eigenvalue weighted by Crippen LogP contribution is 2.39. The van der Waals surface area contributed by atoms with Crippen LogP contribution in [0.2, 0.25) is 0 Å². The van der Waals surface area contributed by atoms with Crippen LogP contribution in [0.3, 0.4) is 0 Å². The Balaban J connectivity index is 1.68. The molecule has 2 aromatic rings. The average molecular weight is 255 g/mol. The highest BCUT2D eigenvalue weighted by Gasteiger charge is 2.26. The number of hydrogen-bond donors (Lipinski definition) is 2. The van der Waals surface area contributed by atoms with E-state index in [0.717, 1.165) is 17.8 Å². The van der Waals surface area contributed by atoms with Crippen molar-refractivity contribution >= 4 is 11.6 Å². The molecule has 0 saturated heterocycles. The lowest BCUT2D eigenvalue weighted by atomic mass is 10.1. The molecule has 4 heteroatoms. The molecule has 98 valence electrons. The SMILES string of the molecule is CCc1ccc(NC(=O)c2cc(C3CC3)[nH]n2)cc1. The molecule has 0 bridgehead atoms. The summed E-state index contributed by atoms with van der Waals surface area (Å²) in [5, 5.41) is 9.87. The number of hydrogen-bond acceptors (Lipinski definition) is 2. The Morgan fingerprint density at radius 1 is 1.37 bits per heavy atom. The van der Waals surface area contributed by atoms with Gasteiger partial charge < -0.3 is 5.32 Å². The first kappa shape index (κ1) is 12.0. The first-order valence-electron chi connectivity index (χ1n) is 6.72. The molecule has 1 aliphatic rings. The fourth-order valence-corrected chi connectivity index (χ4v) is 2.08. The van der Waals surface area contributed by atoms with Crippen LogP contribution in [0.25, 0.3) is 0 Å². The normalized spacial score (nSPS) is 14.4. The van der Waals surface area contributed by atoms with Crippen molar-refractivity contribution in [1.82, 2.24) is 10.2 Å². The van der Waals surface area contributed by atoms with Crippen LogP contribution in [0.1, 0.15) is 47.4 Å². The van der Waals surface area contributed by atoms with Crippen LogP contribution in [0.4, 0.5) is 5.69 Å². The third kappa shape index (κ3) is 2.67. The summed E-state index contributed by atoms with van der Waals surface area (Å²) >= 11 is 0. The summed E-state index contributed by atoms with van der Waals surface area (Å²) < 4.78 is 0. The molecule has 19 heavy (non-hydrogen) atoms. The van der Waals surface area contributed by atoms with Crippen LogP contribution in [0, 0.1) is 0 Å². The molecule has 1 fully saturated rings. The molecule has 0 unspecified atom stereocenters. The van der Waals surface area contributed by atoms with Gasteiger partial charge in [0, 0.05) is 17.3 Å². The van der Waals surface area contributed by atoms with Crippen LogP contribution in [0.5, 0.6) is 0 Å². The van der Waals surface area contributed by atoms with Crippen molar-refractivity contribution in [2.24, 2.45) is 0 Å². The zero-order valence-corrected chi connectivity index (χ0v) is 10.9. The quantitative estimate of drug-likeness (QED) is 0.882. The number of aromatic amines is 1. The molecule has 1 saturated carbocycles. The van der Waals surface area contributed by atoms with Gasteiger partial charge in [0.2, 0.25) is 0 Å². The van der Waals surface area contributed by atoms with E-state index < -0.39 is 0 Å². The number of H-pyrrole nitrogens is 1. The number of carbonyl (C=O) groups is 1. The number of benzene rings is 1. The van der Waals surface area contributed by atoms with Gasteiger partial charge >= 0.3 is 0 Å². The van der Waals surface area contributed by atoms with E-state index in [-0.39, 0.29) is 5.91 Å². The van der Waals surface area contributed by atoms with Crippen LogP contribution in [-0.4, -0.2) is 16.1 Å². The van der Waals surface area contributed by atoms with E-state index in [1.165, 1.54) is 18.4 Å². The zero-order valence-electron chi connectivity index (χ0n) is 10.9. The number of nitrogens with one attached hydrogen (secondary N) is 2. The predicted molar refractivity (Wildman–Crippen MR) is 74.3 cm³/mol. The summed E-state index contributed by atoms with van der Waals surface area (Å²) in [6, 6.07) is 9.75. The van der Waals surface area contributed by atoms with E-state index >= 15 is 0 Å². The maximum absolute atomic E-state index is 12.0. The van der Waals surface area contributed by atoms with E-state index in [4.69, 9.17) is 0 Å². The van der Waals surface area contributed by atoms with Gasteiger partial charge in [-0.1, -0.05) is 19.1 Å². The molecule has 0 atom stereocenters. The van der Waals surface area contributed by atoms with Gasteiger partial charge in [-0.05, 0) is 43.0 Å². The van der Waals surface area contributed by atoms with Crippen LogP contribution >= 0.6 is 0 Å². The molecule has 0 radical (unpaired) electrons. The fraction of sp³-hybridized carbons (Fsp3) is 0.333. The molecule has 1 aromatic heterocycles. The zero-order chi connectivity index (χ0) is 13.2. The molecule has 0 aliphatic heterocycles. The monoisotopic (exact) mass is 255 g/mol. The van der Waals surface area contributed by atoms with E-state index in [2.05, 4.69) is 22.4 Å². The van der Waals surface area contributed by atoms with Crippen molar-refractivity contribution in [2.75, 3.05) is 5.32 Å². The Morgan fingerprint density at radius 3 is 2.74 bits per heavy atom. The first-order chi connectivity index (χ1) is 9.26. The molecule has 2 N–H and O–H groups in total. The van der Waals surface area contributed by atoms with Gasteiger partial charge in [0.25, 0.3) is 5.91 Å². The first-order valence-corrected chi connectivity index (χ1v) is 6.72. The van der Waals surface area contributed by atoms with Crippen molar-refractivity contribution in [2.45, 2.75) is 32.1 Å². The highest BCUT2D eigenvalue weighted by atomic mass is 16.1. The second-order valence-electron chi connectivity index (χ2n) is 4.99. The van der Waals surface area contributed by atoms with Gasteiger partial charge in [-0.3, -0.25) is 9.89 Å². The van der Waals surface area contributed by atoms with E-state index in [1.807, 2.05) is 30.3 Å². The summed E-state index contributed by atoms with van der Waals surface area (Å²) in [5.74, 6) is 0.422. The maximum atomic E-state index is 12.0. The second-order valence-corrected chi connectivity index (χ2v) is 4.99. The van der Waals surface area contributed by atoms with Gasteiger partial charge in [0.05, 0.1) is 0 Å². The van der Waals surface area contributed by atoms with Crippen LogP contribution in [0.15, 0.2) is 30.3 Å². The molecule has 1 aromatic carbocycles. The van der Waals surface area contributed by atoms with Crippen molar-refractivity contribution in [3.63, 3.8) is 0 Å². The molecule has 3 rings (SSSR count). The largest absolute Gasteiger partial charge is 0.321 e. The van der Waals surface area contributed by atoms with E-state index in [9.17, 15) is 4.79 Å². The van der Waals surface area contributed by atoms with Crippen LogP contribution < -0.4 is 5.32 Å². The van der Waals surface area contributed by atoms with Gasteiger partial charge in [-0.2, -0.15) is 5.10 Å². The summed E-state index contributed by atoms with van der Waals surface area (Å²) in [6.07, 6.45) is 3.39. The van der Waals surface area contributed by atoms with Gasteiger partial charge in [-0.15, -0.1) is 0 Å². The Bertz CT molecular complexity index is 582. The van der Waals surface area contributed by atoms with E-state index in [1.54, 1.807) is 0 Å². The highest BCUT2D eigenvalue weighted by molar-refractivity contribution is 6.02. The molecule has 4 nitrogen and oxygen atoms in total. The summed E-state index contributed by atoms with van der Waals surface area (Å²) in [7, 11) is 0. The van der Waals surface area contributed by atoms with Crippen molar-refractivity contribution in [3.05, 3.63) is 47.3 Å². The van der Waals surface area contributed by atoms with Crippen molar-refractivity contribution in [3.8, 4) is 0 Å². The number of aromatic nitrogens is 2. The molecule has 0 spiro atoms. The molecular formula is C15H17N3O.